The largest absolute Gasteiger partial charge is 0.353 e. The van der Waals surface area contributed by atoms with Crippen LogP contribution >= 0.6 is 0 Å². The lowest BCUT2D eigenvalue weighted by molar-refractivity contribution is 0.134. The van der Waals surface area contributed by atoms with Gasteiger partial charge in [0.05, 0.1) is 11.4 Å². The van der Waals surface area contributed by atoms with Crippen molar-refractivity contribution in [3.05, 3.63) is 89.5 Å². The number of likely N-dealkylation sites (N-methyl/N-ethyl adjacent to an activating group) is 1. The zero-order chi connectivity index (χ0) is 21.2. The molecule has 0 aliphatic carbocycles. The number of hydrogen-bond donors (Lipinski definition) is 1. The molecule has 158 valence electrons. The summed E-state index contributed by atoms with van der Waals surface area (Å²) in [5, 5.41) is 3.63. The number of para-hydroxylation sites is 2. The molecule has 2 aliphatic rings. The van der Waals surface area contributed by atoms with Crippen LogP contribution in [0.15, 0.2) is 77.8 Å². The van der Waals surface area contributed by atoms with Crippen LogP contribution in [0, 0.1) is 6.92 Å². The van der Waals surface area contributed by atoms with Crippen molar-refractivity contribution in [3.63, 3.8) is 0 Å². The third-order valence-corrected chi connectivity index (χ3v) is 6.50. The second-order valence-corrected chi connectivity index (χ2v) is 8.73. The van der Waals surface area contributed by atoms with Gasteiger partial charge in [-0.15, -0.1) is 0 Å². The van der Waals surface area contributed by atoms with E-state index in [-0.39, 0.29) is 0 Å². The van der Waals surface area contributed by atoms with Gasteiger partial charge >= 0.3 is 0 Å². The summed E-state index contributed by atoms with van der Waals surface area (Å²) in [7, 11) is 2.26. The lowest BCUT2D eigenvalue weighted by atomic mass is 10.0. The van der Waals surface area contributed by atoms with E-state index < -0.39 is 0 Å². The Bertz CT molecular complexity index is 1090. The van der Waals surface area contributed by atoms with Gasteiger partial charge in [-0.05, 0) is 62.2 Å². The van der Waals surface area contributed by atoms with Crippen molar-refractivity contribution in [3.8, 4) is 0 Å². The van der Waals surface area contributed by atoms with E-state index in [0.29, 0.717) is 6.04 Å². The van der Waals surface area contributed by atoms with E-state index in [9.17, 15) is 0 Å². The van der Waals surface area contributed by atoms with E-state index in [1.165, 1.54) is 16.7 Å². The molecule has 1 atom stereocenters. The van der Waals surface area contributed by atoms with Gasteiger partial charge in [0.25, 0.3) is 0 Å². The average Bonchev–Trinajstić information content (AvgIpc) is 2.95. The lowest BCUT2D eigenvalue weighted by Gasteiger charge is -2.41. The molecular weight excluding hydrogens is 380 g/mol. The Kier molecular flexibility index (Phi) is 5.47. The normalized spacial score (nSPS) is 18.5. The second kappa shape index (κ2) is 8.56. The molecule has 2 aliphatic heterocycles. The molecule has 1 saturated heterocycles. The predicted octanol–water partition coefficient (Wildman–Crippen LogP) is 5.38. The number of amidine groups is 1. The summed E-state index contributed by atoms with van der Waals surface area (Å²) < 4.78 is 0. The average molecular weight is 411 g/mol. The Labute approximate surface area is 185 Å². The first-order valence-electron chi connectivity index (χ1n) is 11.2. The lowest BCUT2D eigenvalue weighted by Crippen LogP contribution is -2.53. The molecule has 0 spiro atoms. The number of anilines is 2. The summed E-state index contributed by atoms with van der Waals surface area (Å²) >= 11 is 0. The zero-order valence-corrected chi connectivity index (χ0v) is 18.4. The van der Waals surface area contributed by atoms with Gasteiger partial charge in [-0.3, -0.25) is 4.90 Å². The van der Waals surface area contributed by atoms with Gasteiger partial charge < -0.3 is 10.2 Å². The Morgan fingerprint density at radius 1 is 0.935 bits per heavy atom. The van der Waals surface area contributed by atoms with Crippen LogP contribution in [0.25, 0.3) is 0 Å². The summed E-state index contributed by atoms with van der Waals surface area (Å²) in [6.07, 6.45) is 2.26. The van der Waals surface area contributed by atoms with Crippen LogP contribution < -0.4 is 5.32 Å². The van der Waals surface area contributed by atoms with Crippen molar-refractivity contribution in [1.29, 1.82) is 0 Å². The first-order chi connectivity index (χ1) is 15.2. The Morgan fingerprint density at radius 2 is 1.74 bits per heavy atom. The molecule has 2 heterocycles. The zero-order valence-electron chi connectivity index (χ0n) is 18.4. The maximum absolute atomic E-state index is 5.17. The molecule has 4 heteroatoms. The van der Waals surface area contributed by atoms with E-state index in [1.807, 2.05) is 0 Å². The van der Waals surface area contributed by atoms with Crippen LogP contribution in [0.1, 0.15) is 23.1 Å². The van der Waals surface area contributed by atoms with Gasteiger partial charge in [0.2, 0.25) is 0 Å². The second-order valence-electron chi connectivity index (χ2n) is 8.73. The topological polar surface area (TPSA) is 30.9 Å². The van der Waals surface area contributed by atoms with Crippen LogP contribution in [-0.2, 0) is 6.42 Å². The van der Waals surface area contributed by atoms with Gasteiger partial charge in [-0.25, -0.2) is 4.99 Å². The number of benzene rings is 3. The molecule has 0 radical (unpaired) electrons. The molecule has 0 unspecified atom stereocenters. The molecule has 1 fully saturated rings. The minimum Gasteiger partial charge on any atom is -0.353 e. The van der Waals surface area contributed by atoms with E-state index >= 15 is 0 Å². The molecule has 0 amide bonds. The predicted molar refractivity (Wildman–Crippen MR) is 130 cm³/mol. The third kappa shape index (κ3) is 4.21. The van der Waals surface area contributed by atoms with Crippen LogP contribution in [0.5, 0.6) is 0 Å². The fraction of sp³-hybridized carbons (Fsp3) is 0.296. The van der Waals surface area contributed by atoms with Crippen molar-refractivity contribution < 1.29 is 0 Å². The first-order valence-corrected chi connectivity index (χ1v) is 11.2. The standard InChI is InChI=1S/C27H30N4/c1-20-12-15-23-26(18-20)28-24-10-6-7-11-25(24)29-27(23)31-17-16-30(2)22(19-31)14-13-21-8-4-3-5-9-21/h3-12,15,18,22,28H,13-14,16-17,19H2,1-2H3/t22-/m0/s1. The van der Waals surface area contributed by atoms with E-state index in [0.717, 1.165) is 55.4 Å². The number of nitrogens with one attached hydrogen (secondary N) is 1. The van der Waals surface area contributed by atoms with Crippen LogP contribution in [0.3, 0.4) is 0 Å². The maximum atomic E-state index is 5.17. The number of hydrogen-bond acceptors (Lipinski definition) is 4. The van der Waals surface area contributed by atoms with E-state index in [2.05, 4.69) is 102 Å². The van der Waals surface area contributed by atoms with Gasteiger partial charge in [-0.1, -0.05) is 48.5 Å². The van der Waals surface area contributed by atoms with Crippen molar-refractivity contribution >= 4 is 22.9 Å². The molecule has 0 bridgehead atoms. The summed E-state index contributed by atoms with van der Waals surface area (Å²) in [5.41, 5.74) is 7.07. The molecular formula is C27H30N4. The molecule has 0 aromatic heterocycles. The van der Waals surface area contributed by atoms with Crippen molar-refractivity contribution in [2.24, 2.45) is 4.99 Å². The van der Waals surface area contributed by atoms with Crippen LogP contribution in [-0.4, -0.2) is 48.4 Å². The number of piperazine rings is 1. The molecule has 31 heavy (non-hydrogen) atoms. The van der Waals surface area contributed by atoms with Gasteiger partial charge in [0.15, 0.2) is 0 Å². The molecule has 0 saturated carbocycles. The summed E-state index contributed by atoms with van der Waals surface area (Å²) in [6, 6.07) is 26.3. The highest BCUT2D eigenvalue weighted by Gasteiger charge is 2.29. The van der Waals surface area contributed by atoms with Crippen molar-refractivity contribution in [2.45, 2.75) is 25.8 Å². The van der Waals surface area contributed by atoms with Gasteiger partial charge in [0.1, 0.15) is 5.84 Å². The Morgan fingerprint density at radius 3 is 2.61 bits per heavy atom. The van der Waals surface area contributed by atoms with Crippen LogP contribution in [0.4, 0.5) is 17.1 Å². The third-order valence-electron chi connectivity index (χ3n) is 6.50. The van der Waals surface area contributed by atoms with Crippen LogP contribution in [0.2, 0.25) is 0 Å². The highest BCUT2D eigenvalue weighted by atomic mass is 15.3. The Balaban J connectivity index is 1.44. The number of aliphatic imine (C=N–C) groups is 1. The number of aryl methyl sites for hydroxylation is 2. The highest BCUT2D eigenvalue weighted by molar-refractivity contribution is 6.07. The molecule has 1 N–H and O–H groups in total. The smallest absolute Gasteiger partial charge is 0.138 e. The van der Waals surface area contributed by atoms with Crippen molar-refractivity contribution in [1.82, 2.24) is 9.80 Å². The number of rotatable bonds is 3. The molecule has 4 nitrogen and oxygen atoms in total. The Hall–Kier alpha value is -3.11. The fourth-order valence-electron chi connectivity index (χ4n) is 4.62. The monoisotopic (exact) mass is 410 g/mol. The number of nitrogens with zero attached hydrogens (tertiary/aromatic N) is 3. The van der Waals surface area contributed by atoms with E-state index in [1.54, 1.807) is 0 Å². The molecule has 3 aromatic carbocycles. The summed E-state index contributed by atoms with van der Waals surface area (Å²) in [4.78, 5) is 10.2. The molecule has 3 aromatic rings. The van der Waals surface area contributed by atoms with Crippen molar-refractivity contribution in [2.75, 3.05) is 32.0 Å². The molecule has 5 rings (SSSR count). The highest BCUT2D eigenvalue weighted by Crippen LogP contribution is 2.35. The first kappa shape index (κ1) is 19.8. The van der Waals surface area contributed by atoms with Gasteiger partial charge in [0, 0.05) is 36.9 Å². The minimum atomic E-state index is 0.511. The SMILES string of the molecule is Cc1ccc2c(c1)Nc1ccccc1N=C2N1CCN(C)[C@@H](CCc2ccccc2)C1. The fourth-order valence-corrected chi connectivity index (χ4v) is 4.62. The maximum Gasteiger partial charge on any atom is 0.138 e. The summed E-state index contributed by atoms with van der Waals surface area (Å²) in [5.74, 6) is 1.09. The van der Waals surface area contributed by atoms with Gasteiger partial charge in [-0.2, -0.15) is 0 Å². The van der Waals surface area contributed by atoms with E-state index in [4.69, 9.17) is 4.99 Å². The number of fused-ring (bicyclic) bond motifs is 2. The quantitative estimate of drug-likeness (QED) is 0.629. The minimum absolute atomic E-state index is 0.511. The summed E-state index contributed by atoms with van der Waals surface area (Å²) in [6.45, 7) is 5.18.